The fourth-order valence-electron chi connectivity index (χ4n) is 3.09. The number of alkyl halides is 3. The van der Waals surface area contributed by atoms with E-state index in [1.54, 1.807) is 11.8 Å². The molecule has 1 amide bonds. The van der Waals surface area contributed by atoms with E-state index in [2.05, 4.69) is 4.98 Å². The van der Waals surface area contributed by atoms with Crippen LogP contribution >= 0.6 is 0 Å². The number of rotatable bonds is 1. The maximum absolute atomic E-state index is 12.6. The van der Waals surface area contributed by atoms with Crippen molar-refractivity contribution in [3.63, 3.8) is 0 Å². The first-order chi connectivity index (χ1) is 9.88. The highest BCUT2D eigenvalue weighted by Gasteiger charge is 2.41. The Balaban J connectivity index is 1.84. The second kappa shape index (κ2) is 4.89. The predicted octanol–water partition coefficient (Wildman–Crippen LogP) is 2.30. The Hall–Kier alpha value is -1.79. The average molecular weight is 299 g/mol. The van der Waals surface area contributed by atoms with E-state index in [1.807, 2.05) is 4.90 Å². The summed E-state index contributed by atoms with van der Waals surface area (Å²) in [5.41, 5.74) is -0.773. The van der Waals surface area contributed by atoms with Gasteiger partial charge in [-0.25, -0.2) is 4.98 Å². The fraction of sp³-hybridized carbons (Fsp3) is 0.571. The molecule has 2 aliphatic rings. The van der Waals surface area contributed by atoms with E-state index < -0.39 is 11.7 Å². The SMILES string of the molecule is C[C@@H]1C(=O)N2CCC[C@@H]2CN1c1ccc(C(F)(F)F)cn1. The standard InChI is InChI=1S/C14H16F3N3O/c1-9-13(21)19-6-2-3-11(19)8-20(9)12-5-4-10(7-18-12)14(15,16)17/h4-5,7,9,11H,2-3,6,8H2,1H3/t9-,11-/m1/s1. The zero-order valence-electron chi connectivity index (χ0n) is 11.6. The van der Waals surface area contributed by atoms with Crippen LogP contribution in [0, 0.1) is 0 Å². The molecule has 2 fully saturated rings. The van der Waals surface area contributed by atoms with E-state index in [9.17, 15) is 18.0 Å². The van der Waals surface area contributed by atoms with E-state index in [-0.39, 0.29) is 18.0 Å². The molecule has 114 valence electrons. The normalized spacial score (nSPS) is 26.2. The molecule has 0 unspecified atom stereocenters. The van der Waals surface area contributed by atoms with Crippen molar-refractivity contribution in [2.45, 2.75) is 38.0 Å². The van der Waals surface area contributed by atoms with Crippen LogP contribution in [0.4, 0.5) is 19.0 Å². The molecule has 2 saturated heterocycles. The lowest BCUT2D eigenvalue weighted by Crippen LogP contribution is -2.59. The van der Waals surface area contributed by atoms with E-state index in [1.165, 1.54) is 6.07 Å². The molecule has 0 spiro atoms. The van der Waals surface area contributed by atoms with Gasteiger partial charge >= 0.3 is 6.18 Å². The van der Waals surface area contributed by atoms with Crippen LogP contribution in [-0.4, -0.2) is 41.0 Å². The second-order valence-corrected chi connectivity index (χ2v) is 5.56. The maximum Gasteiger partial charge on any atom is 0.417 e. The summed E-state index contributed by atoms with van der Waals surface area (Å²) in [7, 11) is 0. The third-order valence-corrected chi connectivity index (χ3v) is 4.26. The molecule has 2 atom stereocenters. The molecule has 1 aromatic heterocycles. The number of piperazine rings is 1. The van der Waals surface area contributed by atoms with Crippen LogP contribution in [-0.2, 0) is 11.0 Å². The number of anilines is 1. The van der Waals surface area contributed by atoms with Gasteiger partial charge in [0.2, 0.25) is 5.91 Å². The third-order valence-electron chi connectivity index (χ3n) is 4.26. The van der Waals surface area contributed by atoms with E-state index in [4.69, 9.17) is 0 Å². The summed E-state index contributed by atoms with van der Waals surface area (Å²) in [4.78, 5) is 19.9. The Morgan fingerprint density at radius 3 is 2.67 bits per heavy atom. The Morgan fingerprint density at radius 1 is 1.29 bits per heavy atom. The first-order valence-corrected chi connectivity index (χ1v) is 6.98. The van der Waals surface area contributed by atoms with E-state index in [0.717, 1.165) is 31.6 Å². The number of carbonyl (C=O) groups excluding carboxylic acids is 1. The van der Waals surface area contributed by atoms with Gasteiger partial charge in [0.15, 0.2) is 0 Å². The summed E-state index contributed by atoms with van der Waals surface area (Å²) < 4.78 is 37.7. The van der Waals surface area contributed by atoms with Gasteiger partial charge in [0.1, 0.15) is 11.9 Å². The van der Waals surface area contributed by atoms with E-state index >= 15 is 0 Å². The molecule has 7 heteroatoms. The lowest BCUT2D eigenvalue weighted by Gasteiger charge is -2.42. The number of fused-ring (bicyclic) bond motifs is 1. The molecule has 0 saturated carbocycles. The molecule has 4 nitrogen and oxygen atoms in total. The quantitative estimate of drug-likeness (QED) is 0.798. The van der Waals surface area contributed by atoms with Crippen molar-refractivity contribution in [2.24, 2.45) is 0 Å². The van der Waals surface area contributed by atoms with Gasteiger partial charge in [-0.2, -0.15) is 13.2 Å². The molecule has 3 rings (SSSR count). The zero-order chi connectivity index (χ0) is 15.2. The maximum atomic E-state index is 12.6. The molecule has 2 aliphatic heterocycles. The minimum absolute atomic E-state index is 0.0328. The smallest absolute Gasteiger partial charge is 0.343 e. The van der Waals surface area contributed by atoms with Gasteiger partial charge in [-0.1, -0.05) is 0 Å². The summed E-state index contributed by atoms with van der Waals surface area (Å²) in [5, 5.41) is 0. The number of amides is 1. The topological polar surface area (TPSA) is 36.4 Å². The van der Waals surface area contributed by atoms with Crippen LogP contribution in [0.25, 0.3) is 0 Å². The Morgan fingerprint density at radius 2 is 2.05 bits per heavy atom. The Kier molecular flexibility index (Phi) is 3.30. The van der Waals surface area contributed by atoms with Crippen molar-refractivity contribution >= 4 is 11.7 Å². The fourth-order valence-corrected chi connectivity index (χ4v) is 3.09. The molecule has 21 heavy (non-hydrogen) atoms. The van der Waals surface area contributed by atoms with Gasteiger partial charge in [0.05, 0.1) is 5.56 Å². The average Bonchev–Trinajstić information content (AvgIpc) is 2.90. The van der Waals surface area contributed by atoms with Crippen LogP contribution in [0.5, 0.6) is 0 Å². The molecule has 0 N–H and O–H groups in total. The number of hydrogen-bond donors (Lipinski definition) is 0. The van der Waals surface area contributed by atoms with Gasteiger partial charge in [-0.3, -0.25) is 4.79 Å². The van der Waals surface area contributed by atoms with Crippen molar-refractivity contribution in [1.29, 1.82) is 0 Å². The Labute approximate surface area is 120 Å². The van der Waals surface area contributed by atoms with Crippen LogP contribution in [0.3, 0.4) is 0 Å². The number of aromatic nitrogens is 1. The summed E-state index contributed by atoms with van der Waals surface area (Å²) in [6.45, 7) is 3.18. The van der Waals surface area contributed by atoms with Crippen LogP contribution in [0.1, 0.15) is 25.3 Å². The van der Waals surface area contributed by atoms with Gasteiger partial charge in [0.25, 0.3) is 0 Å². The molecule has 0 aliphatic carbocycles. The highest BCUT2D eigenvalue weighted by atomic mass is 19.4. The Bertz CT molecular complexity index is 543. The van der Waals surface area contributed by atoms with E-state index in [0.29, 0.717) is 12.4 Å². The minimum Gasteiger partial charge on any atom is -0.343 e. The molecule has 0 aromatic carbocycles. The van der Waals surface area contributed by atoms with Gasteiger partial charge in [0, 0.05) is 25.3 Å². The van der Waals surface area contributed by atoms with Gasteiger partial charge in [-0.05, 0) is 31.9 Å². The highest BCUT2D eigenvalue weighted by molar-refractivity contribution is 5.86. The first kappa shape index (κ1) is 14.2. The molecular formula is C14H16F3N3O. The largest absolute Gasteiger partial charge is 0.417 e. The van der Waals surface area contributed by atoms with Crippen LogP contribution in [0.15, 0.2) is 18.3 Å². The van der Waals surface area contributed by atoms with Crippen molar-refractivity contribution < 1.29 is 18.0 Å². The molecule has 3 heterocycles. The summed E-state index contributed by atoms with van der Waals surface area (Å²) >= 11 is 0. The van der Waals surface area contributed by atoms with Gasteiger partial charge < -0.3 is 9.80 Å². The monoisotopic (exact) mass is 299 g/mol. The predicted molar refractivity (Wildman–Crippen MR) is 70.8 cm³/mol. The minimum atomic E-state index is -4.39. The number of hydrogen-bond acceptors (Lipinski definition) is 3. The highest BCUT2D eigenvalue weighted by Crippen LogP contribution is 2.32. The first-order valence-electron chi connectivity index (χ1n) is 6.98. The van der Waals surface area contributed by atoms with Crippen molar-refractivity contribution in [3.05, 3.63) is 23.9 Å². The summed E-state index contributed by atoms with van der Waals surface area (Å²) in [6.07, 6.45) is -1.64. The second-order valence-electron chi connectivity index (χ2n) is 5.56. The third kappa shape index (κ3) is 2.45. The molecule has 0 radical (unpaired) electrons. The lowest BCUT2D eigenvalue weighted by molar-refractivity contribution is -0.138. The number of halogens is 3. The van der Waals surface area contributed by atoms with Gasteiger partial charge in [-0.15, -0.1) is 0 Å². The number of carbonyl (C=O) groups is 1. The van der Waals surface area contributed by atoms with Crippen LogP contribution in [0.2, 0.25) is 0 Å². The summed E-state index contributed by atoms with van der Waals surface area (Å²) in [5.74, 6) is 0.459. The zero-order valence-corrected chi connectivity index (χ0v) is 11.6. The van der Waals surface area contributed by atoms with Crippen molar-refractivity contribution in [3.8, 4) is 0 Å². The molecule has 1 aromatic rings. The molecule has 0 bridgehead atoms. The van der Waals surface area contributed by atoms with Crippen molar-refractivity contribution in [2.75, 3.05) is 18.0 Å². The molecular weight excluding hydrogens is 283 g/mol. The van der Waals surface area contributed by atoms with Crippen molar-refractivity contribution in [1.82, 2.24) is 9.88 Å². The number of pyridine rings is 1. The number of nitrogens with zero attached hydrogens (tertiary/aromatic N) is 3. The summed E-state index contributed by atoms with van der Waals surface area (Å²) in [6, 6.07) is 2.12. The lowest BCUT2D eigenvalue weighted by atomic mass is 10.1. The van der Waals surface area contributed by atoms with Crippen LogP contribution < -0.4 is 4.90 Å².